The zero-order valence-electron chi connectivity index (χ0n) is 25.5. The van der Waals surface area contributed by atoms with Crippen LogP contribution in [0.2, 0.25) is 0 Å². The van der Waals surface area contributed by atoms with Crippen molar-refractivity contribution in [2.24, 2.45) is 0 Å². The summed E-state index contributed by atoms with van der Waals surface area (Å²) in [4.78, 5) is 10.4. The van der Waals surface area contributed by atoms with E-state index in [4.69, 9.17) is 9.47 Å². The van der Waals surface area contributed by atoms with Crippen molar-refractivity contribution in [3.05, 3.63) is 108 Å². The Balaban J connectivity index is 1.16. The predicted octanol–water partition coefficient (Wildman–Crippen LogP) is 7.85. The molecule has 45 heavy (non-hydrogen) atoms. The van der Waals surface area contributed by atoms with E-state index in [9.17, 15) is 8.78 Å². The molecule has 6 nitrogen and oxygen atoms in total. The third-order valence-corrected chi connectivity index (χ3v) is 8.76. The molecule has 0 N–H and O–H groups in total. The second kappa shape index (κ2) is 13.8. The van der Waals surface area contributed by atoms with Gasteiger partial charge in [-0.1, -0.05) is 67.1 Å². The molecule has 1 saturated carbocycles. The van der Waals surface area contributed by atoms with Crippen LogP contribution in [0.25, 0.3) is 0 Å². The monoisotopic (exact) mass is 616 g/mol. The van der Waals surface area contributed by atoms with Crippen molar-refractivity contribution >= 4 is 17.1 Å². The molecule has 1 atom stereocenters. The van der Waals surface area contributed by atoms with Crippen molar-refractivity contribution in [3.8, 4) is 11.8 Å². The highest BCUT2D eigenvalue weighted by molar-refractivity contribution is 5.69. The number of anilines is 3. The number of alkyl halides is 2. The molecule has 2 aliphatic rings. The zero-order valence-corrected chi connectivity index (χ0v) is 25.5. The summed E-state index contributed by atoms with van der Waals surface area (Å²) in [5.41, 5.74) is 3.78. The molecule has 4 aromatic rings. The maximum Gasteiger partial charge on any atom is 0.263 e. The average molecular weight is 617 g/mol. The highest BCUT2D eigenvalue weighted by atomic mass is 19.3. The van der Waals surface area contributed by atoms with Crippen LogP contribution in [0.5, 0.6) is 11.8 Å². The van der Waals surface area contributed by atoms with Crippen LogP contribution in [-0.4, -0.2) is 55.1 Å². The van der Waals surface area contributed by atoms with Gasteiger partial charge in [0.05, 0.1) is 11.7 Å². The fraction of sp³-hybridized carbons (Fsp3) is 0.361. The fourth-order valence-electron chi connectivity index (χ4n) is 6.22. The van der Waals surface area contributed by atoms with E-state index in [0.717, 1.165) is 17.5 Å². The fourth-order valence-corrected chi connectivity index (χ4v) is 6.22. The minimum Gasteiger partial charge on any atom is -0.473 e. The van der Waals surface area contributed by atoms with E-state index in [2.05, 4.69) is 4.98 Å². The first-order valence-electron chi connectivity index (χ1n) is 15.6. The highest BCUT2D eigenvalue weighted by Crippen LogP contribution is 2.38. The number of piperazine rings is 1. The quantitative estimate of drug-likeness (QED) is 0.181. The number of halogens is 3. The van der Waals surface area contributed by atoms with Gasteiger partial charge in [0.25, 0.3) is 5.92 Å². The van der Waals surface area contributed by atoms with Gasteiger partial charge < -0.3 is 19.3 Å². The Bertz CT molecular complexity index is 1550. The molecule has 1 aliphatic carbocycles. The standard InChI is InChI=1S/C36H39F3N4O2/c1-41(29-15-16-31(30(37)24-29)42-20-22-43(23-21-42)33-14-8-9-19-36(33,38)39)32-17-18-34(44-25-27-10-4-2-5-11-27)40-35(32)45-26-28-12-6-3-7-13-28/h2-7,10-13,15-18,24,33H,8-9,14,19-23,25-26H2,1H3. The van der Waals surface area contributed by atoms with Crippen LogP contribution < -0.4 is 19.3 Å². The zero-order chi connectivity index (χ0) is 31.2. The SMILES string of the molecule is CN(c1ccc(N2CCN(C3CCCCC3(F)F)CC2)c(F)c1)c1ccc(OCc2ccccc2)nc1OCc1ccccc1. The number of benzene rings is 3. The van der Waals surface area contributed by atoms with Gasteiger partial charge in [-0.25, -0.2) is 13.2 Å². The Morgan fingerprint density at radius 3 is 2.13 bits per heavy atom. The smallest absolute Gasteiger partial charge is 0.263 e. The third kappa shape index (κ3) is 7.36. The van der Waals surface area contributed by atoms with Gasteiger partial charge in [-0.15, -0.1) is 0 Å². The topological polar surface area (TPSA) is 41.1 Å². The van der Waals surface area contributed by atoms with Crippen LogP contribution >= 0.6 is 0 Å². The molecule has 2 fully saturated rings. The molecule has 236 valence electrons. The summed E-state index contributed by atoms with van der Waals surface area (Å²) in [6.07, 6.45) is 1.90. The van der Waals surface area contributed by atoms with Crippen LogP contribution in [0.1, 0.15) is 36.8 Å². The molecule has 0 bridgehead atoms. The molecule has 0 amide bonds. The number of aromatic nitrogens is 1. The lowest BCUT2D eigenvalue weighted by Crippen LogP contribution is -2.56. The molecule has 0 spiro atoms. The summed E-state index contributed by atoms with van der Waals surface area (Å²) >= 11 is 0. The normalized spacial score (nSPS) is 18.4. The highest BCUT2D eigenvalue weighted by Gasteiger charge is 2.45. The van der Waals surface area contributed by atoms with Crippen molar-refractivity contribution in [3.63, 3.8) is 0 Å². The molecule has 0 radical (unpaired) electrons. The first kappa shape index (κ1) is 30.8. The molecule has 1 aromatic heterocycles. The summed E-state index contributed by atoms with van der Waals surface area (Å²) in [7, 11) is 1.84. The molecule has 1 unspecified atom stereocenters. The Morgan fingerprint density at radius 1 is 0.822 bits per heavy atom. The van der Waals surface area contributed by atoms with Crippen molar-refractivity contribution in [2.75, 3.05) is 43.0 Å². The second-order valence-corrected chi connectivity index (χ2v) is 11.8. The first-order chi connectivity index (χ1) is 21.9. The molecule has 9 heteroatoms. The minimum absolute atomic E-state index is 0.0422. The first-order valence-corrected chi connectivity index (χ1v) is 15.6. The van der Waals surface area contributed by atoms with E-state index in [1.165, 1.54) is 6.07 Å². The Morgan fingerprint density at radius 2 is 1.49 bits per heavy atom. The molecular formula is C36H39F3N4O2. The van der Waals surface area contributed by atoms with Crippen LogP contribution in [0, 0.1) is 5.82 Å². The molecule has 2 heterocycles. The van der Waals surface area contributed by atoms with E-state index < -0.39 is 12.0 Å². The van der Waals surface area contributed by atoms with Crippen molar-refractivity contribution in [1.82, 2.24) is 9.88 Å². The lowest BCUT2D eigenvalue weighted by molar-refractivity contribution is -0.107. The Kier molecular flexibility index (Phi) is 9.45. The number of rotatable bonds is 10. The van der Waals surface area contributed by atoms with Crippen molar-refractivity contribution in [1.29, 1.82) is 0 Å². The molecule has 1 aliphatic heterocycles. The summed E-state index contributed by atoms with van der Waals surface area (Å²) in [6.45, 7) is 2.67. The van der Waals surface area contributed by atoms with Crippen molar-refractivity contribution in [2.45, 2.75) is 50.9 Å². The average Bonchev–Trinajstić information content (AvgIpc) is 3.07. The molecule has 6 rings (SSSR count). The number of nitrogens with zero attached hydrogens (tertiary/aromatic N) is 4. The molecular weight excluding hydrogens is 577 g/mol. The van der Waals surface area contributed by atoms with Crippen LogP contribution in [0.3, 0.4) is 0 Å². The number of hydrogen-bond donors (Lipinski definition) is 0. The van der Waals surface area contributed by atoms with E-state index in [-0.39, 0.29) is 12.2 Å². The minimum atomic E-state index is -2.65. The van der Waals surface area contributed by atoms with Gasteiger partial charge in [0.2, 0.25) is 11.8 Å². The van der Waals surface area contributed by atoms with E-state index >= 15 is 4.39 Å². The Hall–Kier alpha value is -4.24. The predicted molar refractivity (Wildman–Crippen MR) is 171 cm³/mol. The van der Waals surface area contributed by atoms with E-state index in [1.807, 2.05) is 94.5 Å². The van der Waals surface area contributed by atoms with E-state index in [0.29, 0.717) is 81.1 Å². The summed E-state index contributed by atoms with van der Waals surface area (Å²) in [5.74, 6) is -2.22. The van der Waals surface area contributed by atoms with Crippen LogP contribution in [-0.2, 0) is 13.2 Å². The number of pyridine rings is 1. The summed E-state index contributed by atoms with van der Waals surface area (Å²) in [5, 5.41) is 0. The number of hydrogen-bond acceptors (Lipinski definition) is 6. The lowest BCUT2D eigenvalue weighted by Gasteiger charge is -2.44. The van der Waals surface area contributed by atoms with Gasteiger partial charge in [-0.2, -0.15) is 4.98 Å². The summed E-state index contributed by atoms with van der Waals surface area (Å²) < 4.78 is 56.9. The summed E-state index contributed by atoms with van der Waals surface area (Å²) in [6, 6.07) is 27.7. The molecule has 1 saturated heterocycles. The van der Waals surface area contributed by atoms with Gasteiger partial charge in [0.15, 0.2) is 0 Å². The van der Waals surface area contributed by atoms with Gasteiger partial charge in [-0.3, -0.25) is 4.90 Å². The van der Waals surface area contributed by atoms with Gasteiger partial charge in [-0.05, 0) is 48.2 Å². The Labute approximate surface area is 263 Å². The number of ether oxygens (including phenoxy) is 2. The van der Waals surface area contributed by atoms with Gasteiger partial charge in [0.1, 0.15) is 24.7 Å². The molecule has 3 aromatic carbocycles. The lowest BCUT2D eigenvalue weighted by atomic mass is 9.90. The maximum absolute atomic E-state index is 15.6. The van der Waals surface area contributed by atoms with Gasteiger partial charge >= 0.3 is 0 Å². The van der Waals surface area contributed by atoms with Gasteiger partial charge in [0, 0.05) is 51.4 Å². The largest absolute Gasteiger partial charge is 0.473 e. The third-order valence-electron chi connectivity index (χ3n) is 8.76. The van der Waals surface area contributed by atoms with E-state index in [1.54, 1.807) is 12.1 Å². The van der Waals surface area contributed by atoms with Crippen LogP contribution in [0.15, 0.2) is 91.0 Å². The van der Waals surface area contributed by atoms with Crippen molar-refractivity contribution < 1.29 is 22.6 Å². The maximum atomic E-state index is 15.6. The van der Waals surface area contributed by atoms with Crippen LogP contribution in [0.4, 0.5) is 30.2 Å². The second-order valence-electron chi connectivity index (χ2n) is 11.8.